The number of fused-ring (bicyclic) bond motifs is 5. The molecule has 6 nitrogen and oxygen atoms in total. The zero-order valence-electron chi connectivity index (χ0n) is 22.5. The summed E-state index contributed by atoms with van der Waals surface area (Å²) in [6, 6.07) is 26.3. The van der Waals surface area contributed by atoms with E-state index in [4.69, 9.17) is 16.3 Å². The lowest BCUT2D eigenvalue weighted by molar-refractivity contribution is -0.131. The molecule has 2 aliphatic heterocycles. The van der Waals surface area contributed by atoms with Crippen LogP contribution in [0.1, 0.15) is 55.0 Å². The molecule has 3 atom stereocenters. The molecule has 1 spiro atoms. The van der Waals surface area contributed by atoms with Crippen molar-refractivity contribution in [1.29, 1.82) is 0 Å². The van der Waals surface area contributed by atoms with Gasteiger partial charge < -0.3 is 9.64 Å². The van der Waals surface area contributed by atoms with E-state index < -0.39 is 29.4 Å². The summed E-state index contributed by atoms with van der Waals surface area (Å²) in [5, 5.41) is 0.505. The zero-order valence-corrected chi connectivity index (χ0v) is 23.2. The SMILES string of the molecule is CC(=O)Oc1ccc(C(=O)[C@@H]2[C@@H](c3ccc(Cl)cc3)C3(C(=O)c4ccccc4C3=O)C3C=Cc4ccccc4N32)cc1. The van der Waals surface area contributed by atoms with Crippen molar-refractivity contribution in [2.24, 2.45) is 5.41 Å². The number of nitrogens with zero attached hydrogens (tertiary/aromatic N) is 1. The number of ether oxygens (including phenoxy) is 1. The summed E-state index contributed by atoms with van der Waals surface area (Å²) in [6.45, 7) is 1.31. The number of para-hydroxylation sites is 1. The molecule has 0 amide bonds. The van der Waals surface area contributed by atoms with Gasteiger partial charge in [-0.15, -0.1) is 0 Å². The molecule has 4 aromatic rings. The van der Waals surface area contributed by atoms with E-state index in [-0.39, 0.29) is 17.3 Å². The summed E-state index contributed by atoms with van der Waals surface area (Å²) in [5.41, 5.74) is 1.85. The number of halogens is 1. The summed E-state index contributed by atoms with van der Waals surface area (Å²) in [5.74, 6) is -1.81. The van der Waals surface area contributed by atoms with Crippen LogP contribution in [0.4, 0.5) is 5.69 Å². The molecule has 0 bridgehead atoms. The van der Waals surface area contributed by atoms with Crippen LogP contribution >= 0.6 is 11.6 Å². The largest absolute Gasteiger partial charge is 0.427 e. The molecule has 206 valence electrons. The Bertz CT molecular complexity index is 1790. The first-order valence-corrected chi connectivity index (χ1v) is 14.0. The Morgan fingerprint density at radius 1 is 0.810 bits per heavy atom. The molecule has 4 aromatic carbocycles. The highest BCUT2D eigenvalue weighted by molar-refractivity contribution is 6.32. The average molecular weight is 574 g/mol. The van der Waals surface area contributed by atoms with Crippen LogP contribution in [-0.4, -0.2) is 35.4 Å². The van der Waals surface area contributed by atoms with Crippen LogP contribution in [-0.2, 0) is 4.79 Å². The lowest BCUT2D eigenvalue weighted by atomic mass is 9.64. The van der Waals surface area contributed by atoms with Crippen molar-refractivity contribution in [1.82, 2.24) is 0 Å². The van der Waals surface area contributed by atoms with Crippen molar-refractivity contribution in [2.75, 3.05) is 4.90 Å². The van der Waals surface area contributed by atoms with E-state index in [9.17, 15) is 19.2 Å². The maximum Gasteiger partial charge on any atom is 0.308 e. The topological polar surface area (TPSA) is 80.8 Å². The maximum absolute atomic E-state index is 14.7. The van der Waals surface area contributed by atoms with Gasteiger partial charge in [0.05, 0.1) is 6.04 Å². The molecule has 42 heavy (non-hydrogen) atoms. The average Bonchev–Trinajstić information content (AvgIpc) is 3.43. The molecule has 7 heteroatoms. The summed E-state index contributed by atoms with van der Waals surface area (Å²) in [6.07, 6.45) is 3.82. The Morgan fingerprint density at radius 2 is 1.43 bits per heavy atom. The van der Waals surface area contributed by atoms with Crippen molar-refractivity contribution in [3.63, 3.8) is 0 Å². The predicted molar refractivity (Wildman–Crippen MR) is 159 cm³/mol. The van der Waals surface area contributed by atoms with Crippen molar-refractivity contribution in [2.45, 2.75) is 24.9 Å². The third-order valence-electron chi connectivity index (χ3n) is 8.61. The molecular weight excluding hydrogens is 550 g/mol. The minimum absolute atomic E-state index is 0.257. The molecule has 3 aliphatic rings. The van der Waals surface area contributed by atoms with Crippen LogP contribution in [0, 0.1) is 5.41 Å². The first kappa shape index (κ1) is 26.1. The highest BCUT2D eigenvalue weighted by Gasteiger charge is 2.71. The van der Waals surface area contributed by atoms with Crippen LogP contribution in [0.25, 0.3) is 6.08 Å². The van der Waals surface area contributed by atoms with Gasteiger partial charge in [-0.25, -0.2) is 0 Å². The molecule has 1 aliphatic carbocycles. The Balaban J connectivity index is 1.48. The second kappa shape index (κ2) is 9.64. The summed E-state index contributed by atoms with van der Waals surface area (Å²) < 4.78 is 5.18. The van der Waals surface area contributed by atoms with Gasteiger partial charge in [0.1, 0.15) is 17.2 Å². The zero-order chi connectivity index (χ0) is 29.2. The number of Topliss-reactive ketones (excluding diaryl/α,β-unsaturated/α-hetero) is 3. The van der Waals surface area contributed by atoms with E-state index >= 15 is 0 Å². The Hall–Kier alpha value is -4.81. The number of hydrogen-bond donors (Lipinski definition) is 0. The number of esters is 1. The van der Waals surface area contributed by atoms with E-state index in [0.717, 1.165) is 11.3 Å². The molecule has 1 unspecified atom stereocenters. The fraction of sp³-hybridized carbons (Fsp3) is 0.143. The van der Waals surface area contributed by atoms with Gasteiger partial charge in [0, 0.05) is 40.2 Å². The highest BCUT2D eigenvalue weighted by Crippen LogP contribution is 2.61. The van der Waals surface area contributed by atoms with Crippen LogP contribution in [0.5, 0.6) is 5.75 Å². The van der Waals surface area contributed by atoms with Gasteiger partial charge in [-0.3, -0.25) is 19.2 Å². The second-order valence-corrected chi connectivity index (χ2v) is 11.2. The van der Waals surface area contributed by atoms with Crippen LogP contribution in [0.3, 0.4) is 0 Å². The normalized spacial score (nSPS) is 21.2. The Labute approximate surface area is 247 Å². The number of carbonyl (C=O) groups is 4. The van der Waals surface area contributed by atoms with E-state index in [1.54, 1.807) is 72.8 Å². The summed E-state index contributed by atoms with van der Waals surface area (Å²) in [7, 11) is 0. The minimum atomic E-state index is -1.58. The smallest absolute Gasteiger partial charge is 0.308 e. The Morgan fingerprint density at radius 3 is 2.07 bits per heavy atom. The van der Waals surface area contributed by atoms with Gasteiger partial charge in [-0.2, -0.15) is 0 Å². The number of carbonyl (C=O) groups excluding carboxylic acids is 4. The molecule has 0 aromatic heterocycles. The van der Waals surface area contributed by atoms with E-state index in [1.807, 2.05) is 41.3 Å². The monoisotopic (exact) mass is 573 g/mol. The van der Waals surface area contributed by atoms with Gasteiger partial charge in [0.2, 0.25) is 0 Å². The fourth-order valence-corrected chi connectivity index (χ4v) is 7.11. The number of hydrogen-bond acceptors (Lipinski definition) is 6. The summed E-state index contributed by atoms with van der Waals surface area (Å²) >= 11 is 6.28. The van der Waals surface area contributed by atoms with Gasteiger partial charge in [0.25, 0.3) is 0 Å². The third kappa shape index (κ3) is 3.65. The quantitative estimate of drug-likeness (QED) is 0.119. The van der Waals surface area contributed by atoms with Crippen LogP contribution in [0.2, 0.25) is 5.02 Å². The molecule has 2 heterocycles. The van der Waals surface area contributed by atoms with Gasteiger partial charge in [0.15, 0.2) is 17.3 Å². The van der Waals surface area contributed by atoms with Gasteiger partial charge in [-0.1, -0.05) is 78.4 Å². The third-order valence-corrected chi connectivity index (χ3v) is 8.86. The van der Waals surface area contributed by atoms with Gasteiger partial charge in [-0.05, 0) is 53.6 Å². The van der Waals surface area contributed by atoms with Crippen molar-refractivity contribution < 1.29 is 23.9 Å². The van der Waals surface area contributed by atoms with Crippen molar-refractivity contribution >= 4 is 46.7 Å². The van der Waals surface area contributed by atoms with E-state index in [2.05, 4.69) is 0 Å². The van der Waals surface area contributed by atoms with Crippen molar-refractivity contribution in [3.8, 4) is 5.75 Å². The summed E-state index contributed by atoms with van der Waals surface area (Å²) in [4.78, 5) is 57.4. The first-order valence-electron chi connectivity index (χ1n) is 13.6. The Kier molecular flexibility index (Phi) is 5.99. The second-order valence-electron chi connectivity index (χ2n) is 10.8. The number of ketones is 3. The molecule has 0 saturated carbocycles. The molecular formula is C35H24ClNO5. The molecule has 1 saturated heterocycles. The highest BCUT2D eigenvalue weighted by atomic mass is 35.5. The van der Waals surface area contributed by atoms with Gasteiger partial charge >= 0.3 is 5.97 Å². The lowest BCUT2D eigenvalue weighted by Crippen LogP contribution is -2.48. The number of benzene rings is 4. The van der Waals surface area contributed by atoms with Crippen molar-refractivity contribution in [3.05, 3.63) is 136 Å². The maximum atomic E-state index is 14.7. The van der Waals surface area contributed by atoms with E-state index in [1.165, 1.54) is 6.92 Å². The molecule has 7 rings (SSSR count). The van der Waals surface area contributed by atoms with E-state index in [0.29, 0.717) is 33.0 Å². The molecule has 0 radical (unpaired) electrons. The number of anilines is 1. The fourth-order valence-electron chi connectivity index (χ4n) is 6.98. The molecule has 1 fully saturated rings. The first-order chi connectivity index (χ1) is 20.3. The molecule has 0 N–H and O–H groups in total. The van der Waals surface area contributed by atoms with Crippen LogP contribution < -0.4 is 9.64 Å². The van der Waals surface area contributed by atoms with Crippen LogP contribution in [0.15, 0.2) is 103 Å². The minimum Gasteiger partial charge on any atom is -0.427 e. The standard InChI is InChI=1S/C35H24ClNO5/c1-20(38)42-25-17-12-23(13-18-25)32(39)31-30(22-10-15-24(36)16-11-22)35(33(40)26-7-3-4-8-27(26)34(35)41)29-19-14-21-6-2-5-9-28(21)37(29)31/h2-19,29-31H,1H3/t29?,30-,31+/m1/s1. The number of rotatable bonds is 4. The predicted octanol–water partition coefficient (Wildman–Crippen LogP) is 6.58. The lowest BCUT2D eigenvalue weighted by Gasteiger charge is -2.37.